The highest BCUT2D eigenvalue weighted by Crippen LogP contribution is 2.44. The van der Waals surface area contributed by atoms with Crippen LogP contribution in [0.2, 0.25) is 0 Å². The maximum Gasteiger partial charge on any atom is 0.513 e. The third-order valence-corrected chi connectivity index (χ3v) is 7.70. The number of carbonyl (C=O) groups excluding carboxylic acids is 1. The van der Waals surface area contributed by atoms with Gasteiger partial charge in [-0.1, -0.05) is 24.3 Å². The number of benzene rings is 2. The Morgan fingerprint density at radius 2 is 1.86 bits per heavy atom. The molecule has 14 heteroatoms. The quantitative estimate of drug-likeness (QED) is 0.302. The Hall–Kier alpha value is -4.98. The lowest BCUT2D eigenvalue weighted by Gasteiger charge is -2.36. The zero-order valence-corrected chi connectivity index (χ0v) is 24.5. The molecule has 0 saturated carbocycles. The molecular formula is C29H33N9O5. The third kappa shape index (κ3) is 5.73. The average Bonchev–Trinajstić information content (AvgIpc) is 3.67. The van der Waals surface area contributed by atoms with Crippen LogP contribution in [0, 0.1) is 0 Å². The molecule has 0 radical (unpaired) electrons. The van der Waals surface area contributed by atoms with Gasteiger partial charge in [-0.3, -0.25) is 4.90 Å². The zero-order chi connectivity index (χ0) is 29.9. The highest BCUT2D eigenvalue weighted by molar-refractivity contribution is 5.85. The average molecular weight is 588 g/mol. The fourth-order valence-corrected chi connectivity index (χ4v) is 5.64. The normalized spacial score (nSPS) is 17.8. The lowest BCUT2D eigenvalue weighted by atomic mass is 9.84. The van der Waals surface area contributed by atoms with Gasteiger partial charge in [0, 0.05) is 44.0 Å². The van der Waals surface area contributed by atoms with E-state index < -0.39 is 12.1 Å². The van der Waals surface area contributed by atoms with Gasteiger partial charge in [-0.05, 0) is 53.1 Å². The number of nitrogens with one attached hydrogen (secondary N) is 1. The first-order valence-electron chi connectivity index (χ1n) is 14.0. The second-order valence-electron chi connectivity index (χ2n) is 10.4. The Morgan fingerprint density at radius 1 is 1.05 bits per heavy atom. The van der Waals surface area contributed by atoms with Gasteiger partial charge in [-0.15, -0.1) is 10.2 Å². The predicted octanol–water partition coefficient (Wildman–Crippen LogP) is 3.08. The van der Waals surface area contributed by atoms with Crippen LogP contribution in [0.4, 0.5) is 10.5 Å². The summed E-state index contributed by atoms with van der Waals surface area (Å²) in [4.78, 5) is 19.0. The third-order valence-electron chi connectivity index (χ3n) is 7.70. The maximum atomic E-state index is 13.1. The van der Waals surface area contributed by atoms with Gasteiger partial charge in [0.25, 0.3) is 0 Å². The van der Waals surface area contributed by atoms with Crippen LogP contribution in [0.5, 0.6) is 5.75 Å². The number of hydrogen-bond donors (Lipinski definition) is 1. The maximum absolute atomic E-state index is 13.1. The number of hydrogen-bond acceptors (Lipinski definition) is 13. The van der Waals surface area contributed by atoms with Crippen molar-refractivity contribution in [2.45, 2.75) is 19.8 Å². The van der Waals surface area contributed by atoms with Crippen molar-refractivity contribution < 1.29 is 23.6 Å². The van der Waals surface area contributed by atoms with Crippen LogP contribution >= 0.6 is 0 Å². The summed E-state index contributed by atoms with van der Waals surface area (Å²) >= 11 is 0. The van der Waals surface area contributed by atoms with Gasteiger partial charge in [-0.25, -0.2) is 9.42 Å². The van der Waals surface area contributed by atoms with Gasteiger partial charge in [0.2, 0.25) is 5.82 Å². The fraction of sp³-hybridized carbons (Fsp3) is 0.379. The molecule has 1 atom stereocenters. The summed E-state index contributed by atoms with van der Waals surface area (Å²) in [5, 5.41) is 24.1. The Kier molecular flexibility index (Phi) is 7.92. The number of methoxy groups -OCH3 is 1. The van der Waals surface area contributed by atoms with Crippen LogP contribution in [0.25, 0.3) is 16.6 Å². The van der Waals surface area contributed by atoms with Crippen LogP contribution < -0.4 is 15.0 Å². The molecule has 0 spiro atoms. The van der Waals surface area contributed by atoms with Crippen LogP contribution in [0.15, 0.2) is 64.2 Å². The molecule has 1 unspecified atom stereocenters. The first-order valence-corrected chi connectivity index (χ1v) is 14.0. The summed E-state index contributed by atoms with van der Waals surface area (Å²) in [6.07, 6.45) is -0.801. The van der Waals surface area contributed by atoms with E-state index in [1.165, 1.54) is 4.80 Å². The van der Waals surface area contributed by atoms with Crippen LogP contribution in [0.1, 0.15) is 31.2 Å². The number of aryl methyl sites for hydroxylation is 1. The lowest BCUT2D eigenvalue weighted by Crippen LogP contribution is -2.47. The highest BCUT2D eigenvalue weighted by Gasteiger charge is 2.37. The number of dihydropyridines is 1. The second kappa shape index (κ2) is 12.1. The van der Waals surface area contributed by atoms with E-state index in [9.17, 15) is 4.79 Å². The van der Waals surface area contributed by atoms with E-state index in [1.807, 2.05) is 44.2 Å². The summed E-state index contributed by atoms with van der Waals surface area (Å²) in [7, 11) is 3.37. The summed E-state index contributed by atoms with van der Waals surface area (Å²) < 4.78 is 22.0. The molecule has 2 aromatic heterocycles. The van der Waals surface area contributed by atoms with Crippen molar-refractivity contribution in [2.24, 2.45) is 7.05 Å². The Labute approximate surface area is 247 Å². The van der Waals surface area contributed by atoms with Crippen LogP contribution in [0.3, 0.4) is 0 Å². The number of nitrogens with zero attached hydrogens (tertiary/aromatic N) is 8. The van der Waals surface area contributed by atoms with Gasteiger partial charge in [-0.2, -0.15) is 4.80 Å². The molecule has 0 bridgehead atoms. The van der Waals surface area contributed by atoms with Gasteiger partial charge in [0.15, 0.2) is 0 Å². The zero-order valence-electron chi connectivity index (χ0n) is 24.5. The van der Waals surface area contributed by atoms with E-state index in [4.69, 9.17) is 18.8 Å². The van der Waals surface area contributed by atoms with Crippen LogP contribution in [-0.4, -0.2) is 88.0 Å². The van der Waals surface area contributed by atoms with E-state index in [1.54, 1.807) is 20.2 Å². The molecule has 4 heterocycles. The number of rotatable bonds is 8. The van der Waals surface area contributed by atoms with Gasteiger partial charge in [0.1, 0.15) is 29.1 Å². The van der Waals surface area contributed by atoms with Crippen LogP contribution in [-0.2, 0) is 16.5 Å². The van der Waals surface area contributed by atoms with Crippen molar-refractivity contribution >= 4 is 28.4 Å². The van der Waals surface area contributed by atoms with E-state index in [2.05, 4.69) is 46.9 Å². The predicted molar refractivity (Wildman–Crippen MR) is 156 cm³/mol. The number of tetrazole rings is 1. The Morgan fingerprint density at radius 3 is 2.63 bits per heavy atom. The van der Waals surface area contributed by atoms with Crippen molar-refractivity contribution in [3.8, 4) is 5.75 Å². The number of fused-ring (bicyclic) bond motifs is 1. The van der Waals surface area contributed by atoms with E-state index >= 15 is 0 Å². The molecule has 43 heavy (non-hydrogen) atoms. The minimum absolute atomic E-state index is 0.189. The number of ether oxygens (including phenoxy) is 3. The SMILES string of the molecule is COc1ccccc1N1CCN(CCOC(=O)OC2=C(C)NC(C)=C(c3nnn(C)n3)C2c2cccc3nonc23)CC1. The molecule has 14 nitrogen and oxygen atoms in total. The minimum Gasteiger partial charge on any atom is -0.495 e. The molecule has 0 aliphatic carbocycles. The molecule has 1 saturated heterocycles. The second-order valence-corrected chi connectivity index (χ2v) is 10.4. The molecule has 2 aromatic carbocycles. The topological polar surface area (TPSA) is 146 Å². The number of allylic oxidation sites excluding steroid dienone is 3. The summed E-state index contributed by atoms with van der Waals surface area (Å²) in [5.41, 5.74) is 5.04. The molecule has 1 N–H and O–H groups in total. The lowest BCUT2D eigenvalue weighted by molar-refractivity contribution is 0.0637. The Bertz CT molecular complexity index is 1690. The first kappa shape index (κ1) is 28.2. The van der Waals surface area contributed by atoms with Gasteiger partial charge >= 0.3 is 6.16 Å². The minimum atomic E-state index is -0.801. The standard InChI is InChI=1S/C29H33N9O5/c1-18-24(28-31-35-36(3)32-28)25(20-8-7-9-21-26(20)34-43-33-21)27(19(2)30-18)42-29(39)41-17-16-37-12-14-38(15-13-37)22-10-5-6-11-23(22)40-4/h5-11,25,30H,12-17H2,1-4H3. The molecule has 6 rings (SSSR count). The number of aromatic nitrogens is 6. The molecule has 4 aromatic rings. The first-order chi connectivity index (χ1) is 20.9. The van der Waals surface area contributed by atoms with E-state index in [0.717, 1.165) is 48.9 Å². The molecule has 2 aliphatic heterocycles. The van der Waals surface area contributed by atoms with Gasteiger partial charge in [0.05, 0.1) is 31.5 Å². The molecule has 0 amide bonds. The van der Waals surface area contributed by atoms with Crippen molar-refractivity contribution in [1.29, 1.82) is 0 Å². The molecular weight excluding hydrogens is 554 g/mol. The van der Waals surface area contributed by atoms with Gasteiger partial charge < -0.3 is 24.4 Å². The van der Waals surface area contributed by atoms with Crippen molar-refractivity contribution in [3.05, 3.63) is 71.0 Å². The van der Waals surface area contributed by atoms with E-state index in [-0.39, 0.29) is 6.61 Å². The monoisotopic (exact) mass is 587 g/mol. The van der Waals surface area contributed by atoms with E-state index in [0.29, 0.717) is 40.4 Å². The van der Waals surface area contributed by atoms with Crippen molar-refractivity contribution in [1.82, 2.24) is 40.7 Å². The highest BCUT2D eigenvalue weighted by atomic mass is 16.7. The fourth-order valence-electron chi connectivity index (χ4n) is 5.64. The molecule has 2 aliphatic rings. The number of anilines is 1. The molecule has 1 fully saturated rings. The van der Waals surface area contributed by atoms with Crippen molar-refractivity contribution in [3.63, 3.8) is 0 Å². The number of piperazine rings is 1. The summed E-state index contributed by atoms with van der Waals surface area (Å²) in [5.74, 6) is 0.997. The Balaban J connectivity index is 1.14. The smallest absolute Gasteiger partial charge is 0.495 e. The summed E-state index contributed by atoms with van der Waals surface area (Å²) in [6.45, 7) is 7.88. The van der Waals surface area contributed by atoms with Crippen molar-refractivity contribution in [2.75, 3.05) is 51.3 Å². The molecule has 224 valence electrons. The number of para-hydroxylation sites is 2. The number of carbonyl (C=O) groups is 1. The largest absolute Gasteiger partial charge is 0.513 e. The summed E-state index contributed by atoms with van der Waals surface area (Å²) in [6, 6.07) is 13.6.